The molecule has 0 aromatic heterocycles. The minimum absolute atomic E-state index is 0.114. The molecule has 1 unspecified atom stereocenters. The summed E-state index contributed by atoms with van der Waals surface area (Å²) in [6, 6.07) is 23.9. The average molecular weight is 465 g/mol. The Morgan fingerprint density at radius 2 is 1.45 bits per heavy atom. The van der Waals surface area contributed by atoms with Crippen LogP contribution in [0.15, 0.2) is 83.8 Å². The Morgan fingerprint density at radius 1 is 0.848 bits per heavy atom. The van der Waals surface area contributed by atoms with Gasteiger partial charge in [0.2, 0.25) is 5.91 Å². The number of amides is 1. The Kier molecular flexibility index (Phi) is 7.92. The van der Waals surface area contributed by atoms with E-state index in [9.17, 15) is 13.2 Å². The van der Waals surface area contributed by atoms with Gasteiger partial charge >= 0.3 is 0 Å². The first-order valence-electron chi connectivity index (χ1n) is 11.2. The van der Waals surface area contributed by atoms with E-state index in [0.29, 0.717) is 18.2 Å². The molecule has 3 aromatic rings. The van der Waals surface area contributed by atoms with Crippen molar-refractivity contribution in [3.63, 3.8) is 0 Å². The normalized spacial score (nSPS) is 12.4. The fourth-order valence-corrected chi connectivity index (χ4v) is 4.95. The summed E-state index contributed by atoms with van der Waals surface area (Å²) in [5.74, 6) is 0.0908. The molecular formula is C27H32N2O3S. The van der Waals surface area contributed by atoms with E-state index in [1.807, 2.05) is 56.3 Å². The molecule has 0 fully saturated rings. The van der Waals surface area contributed by atoms with Crippen LogP contribution in [-0.4, -0.2) is 27.4 Å². The van der Waals surface area contributed by atoms with E-state index < -0.39 is 10.0 Å². The number of carbonyl (C=O) groups excluding carboxylic acids is 1. The quantitative estimate of drug-likeness (QED) is 0.471. The van der Waals surface area contributed by atoms with Gasteiger partial charge in [-0.25, -0.2) is 8.42 Å². The fourth-order valence-electron chi connectivity index (χ4n) is 3.53. The molecule has 6 heteroatoms. The predicted molar refractivity (Wildman–Crippen MR) is 134 cm³/mol. The molecule has 0 radical (unpaired) electrons. The second-order valence-corrected chi connectivity index (χ2v) is 10.5. The minimum Gasteiger partial charge on any atom is -0.354 e. The number of nitrogens with one attached hydrogen (secondary N) is 1. The van der Waals surface area contributed by atoms with Gasteiger partial charge in [0.25, 0.3) is 10.0 Å². The van der Waals surface area contributed by atoms with Crippen LogP contribution in [-0.2, 0) is 14.8 Å². The van der Waals surface area contributed by atoms with E-state index in [1.54, 1.807) is 36.4 Å². The maximum Gasteiger partial charge on any atom is 0.264 e. The van der Waals surface area contributed by atoms with Crippen LogP contribution in [0.4, 0.5) is 5.69 Å². The lowest BCUT2D eigenvalue weighted by Crippen LogP contribution is -2.41. The summed E-state index contributed by atoms with van der Waals surface area (Å²) >= 11 is 0. The fraction of sp³-hybridized carbons (Fsp3) is 0.296. The van der Waals surface area contributed by atoms with Gasteiger partial charge in [0.1, 0.15) is 6.54 Å². The molecule has 0 aliphatic carbocycles. The van der Waals surface area contributed by atoms with Gasteiger partial charge in [-0.3, -0.25) is 9.10 Å². The number of hydrogen-bond donors (Lipinski definition) is 1. The topological polar surface area (TPSA) is 66.5 Å². The molecule has 0 bridgehead atoms. The highest BCUT2D eigenvalue weighted by molar-refractivity contribution is 7.92. The third-order valence-electron chi connectivity index (χ3n) is 5.72. The van der Waals surface area contributed by atoms with E-state index in [2.05, 4.69) is 19.2 Å². The molecule has 174 valence electrons. The number of anilines is 1. The van der Waals surface area contributed by atoms with Crippen LogP contribution in [0, 0.1) is 6.92 Å². The summed E-state index contributed by atoms with van der Waals surface area (Å²) in [5.41, 5.74) is 3.65. The smallest absolute Gasteiger partial charge is 0.264 e. The highest BCUT2D eigenvalue weighted by Crippen LogP contribution is 2.26. The Balaban J connectivity index is 1.83. The van der Waals surface area contributed by atoms with Crippen molar-refractivity contribution in [1.82, 2.24) is 5.32 Å². The lowest BCUT2D eigenvalue weighted by molar-refractivity contribution is -0.119. The van der Waals surface area contributed by atoms with Gasteiger partial charge in [-0.2, -0.15) is 0 Å². The van der Waals surface area contributed by atoms with E-state index in [0.717, 1.165) is 16.7 Å². The van der Waals surface area contributed by atoms with Crippen molar-refractivity contribution in [1.29, 1.82) is 0 Å². The highest BCUT2D eigenvalue weighted by atomic mass is 32.2. The lowest BCUT2D eigenvalue weighted by Gasteiger charge is -2.25. The molecule has 0 heterocycles. The van der Waals surface area contributed by atoms with Gasteiger partial charge in [-0.1, -0.05) is 80.9 Å². The second-order valence-electron chi connectivity index (χ2n) is 8.69. The molecule has 0 aliphatic heterocycles. The summed E-state index contributed by atoms with van der Waals surface area (Å²) in [6.07, 6.45) is 0. The first-order valence-corrected chi connectivity index (χ1v) is 12.6. The molecule has 1 atom stereocenters. The van der Waals surface area contributed by atoms with Crippen LogP contribution in [0.5, 0.6) is 0 Å². The predicted octanol–water partition coefficient (Wildman–Crippen LogP) is 5.23. The summed E-state index contributed by atoms with van der Waals surface area (Å²) in [5, 5.41) is 2.90. The number of carbonyl (C=O) groups is 1. The van der Waals surface area contributed by atoms with Gasteiger partial charge in [0.15, 0.2) is 0 Å². The Bertz CT molecular complexity index is 1160. The van der Waals surface area contributed by atoms with E-state index in [-0.39, 0.29) is 23.3 Å². The minimum atomic E-state index is -3.92. The van der Waals surface area contributed by atoms with Gasteiger partial charge in [0, 0.05) is 6.54 Å². The van der Waals surface area contributed by atoms with E-state index >= 15 is 0 Å². The van der Waals surface area contributed by atoms with Gasteiger partial charge in [-0.05, 0) is 54.2 Å². The summed E-state index contributed by atoms with van der Waals surface area (Å²) in [7, 11) is -3.92. The maximum atomic E-state index is 13.5. The number of aryl methyl sites for hydroxylation is 1. The van der Waals surface area contributed by atoms with Crippen molar-refractivity contribution in [3.8, 4) is 0 Å². The number of nitrogens with zero attached hydrogens (tertiary/aromatic N) is 1. The van der Waals surface area contributed by atoms with Gasteiger partial charge in [-0.15, -0.1) is 0 Å². The third kappa shape index (κ3) is 6.23. The molecule has 3 rings (SSSR count). The Hall–Kier alpha value is -3.12. The molecular weight excluding hydrogens is 432 g/mol. The Morgan fingerprint density at radius 3 is 2.03 bits per heavy atom. The second kappa shape index (κ2) is 10.7. The first kappa shape index (κ1) is 24.5. The van der Waals surface area contributed by atoms with Gasteiger partial charge in [0.05, 0.1) is 10.6 Å². The van der Waals surface area contributed by atoms with Crippen molar-refractivity contribution in [2.45, 2.75) is 44.4 Å². The zero-order valence-electron chi connectivity index (χ0n) is 19.7. The van der Waals surface area contributed by atoms with E-state index in [1.165, 1.54) is 4.31 Å². The molecule has 5 nitrogen and oxygen atoms in total. The number of sulfonamides is 1. The molecule has 0 saturated heterocycles. The number of benzene rings is 3. The van der Waals surface area contributed by atoms with E-state index in [4.69, 9.17) is 0 Å². The first-order chi connectivity index (χ1) is 15.7. The van der Waals surface area contributed by atoms with Crippen molar-refractivity contribution < 1.29 is 13.2 Å². The molecule has 0 aliphatic rings. The molecule has 0 spiro atoms. The number of hydrogen-bond acceptors (Lipinski definition) is 3. The van der Waals surface area contributed by atoms with Crippen molar-refractivity contribution in [3.05, 3.63) is 95.6 Å². The Labute approximate surface area is 197 Å². The largest absolute Gasteiger partial charge is 0.354 e. The molecule has 1 amide bonds. The molecule has 3 aromatic carbocycles. The van der Waals surface area contributed by atoms with Crippen LogP contribution in [0.25, 0.3) is 0 Å². The average Bonchev–Trinajstić information content (AvgIpc) is 2.81. The van der Waals surface area contributed by atoms with Crippen LogP contribution >= 0.6 is 0 Å². The van der Waals surface area contributed by atoms with Crippen LogP contribution in [0.3, 0.4) is 0 Å². The highest BCUT2D eigenvalue weighted by Gasteiger charge is 2.27. The zero-order chi connectivity index (χ0) is 24.0. The lowest BCUT2D eigenvalue weighted by atomic mass is 10.0. The van der Waals surface area contributed by atoms with Crippen LogP contribution < -0.4 is 9.62 Å². The van der Waals surface area contributed by atoms with Crippen LogP contribution in [0.2, 0.25) is 0 Å². The molecule has 33 heavy (non-hydrogen) atoms. The van der Waals surface area contributed by atoms with Crippen molar-refractivity contribution in [2.75, 3.05) is 17.4 Å². The monoisotopic (exact) mass is 464 g/mol. The van der Waals surface area contributed by atoms with Gasteiger partial charge < -0.3 is 5.32 Å². The molecule has 1 N–H and O–H groups in total. The number of rotatable bonds is 9. The third-order valence-corrected chi connectivity index (χ3v) is 7.51. The summed E-state index contributed by atoms with van der Waals surface area (Å²) < 4.78 is 28.2. The van der Waals surface area contributed by atoms with Crippen molar-refractivity contribution in [2.24, 2.45) is 0 Å². The summed E-state index contributed by atoms with van der Waals surface area (Å²) in [4.78, 5) is 13.0. The molecule has 0 saturated carbocycles. The standard InChI is InChI=1S/C27H32N2O3S/c1-20(2)23-12-14-25(15-13-23)29(33(31,32)26-16-10-21(3)11-17-26)19-27(30)28-18-22(4)24-8-6-5-7-9-24/h5-17,20,22H,18-19H2,1-4H3,(H,28,30). The van der Waals surface area contributed by atoms with Crippen molar-refractivity contribution >= 4 is 21.6 Å². The summed E-state index contributed by atoms with van der Waals surface area (Å²) in [6.45, 7) is 8.22. The SMILES string of the molecule is Cc1ccc(S(=O)(=O)N(CC(=O)NCC(C)c2ccccc2)c2ccc(C(C)C)cc2)cc1. The zero-order valence-corrected chi connectivity index (χ0v) is 20.5. The van der Waals surface area contributed by atoms with Crippen LogP contribution in [0.1, 0.15) is 49.3 Å². The maximum absolute atomic E-state index is 13.5.